The zero-order chi connectivity index (χ0) is 21.3. The number of likely N-dealkylation sites (tertiary alicyclic amines) is 1. The topological polar surface area (TPSA) is 71.5 Å². The minimum absolute atomic E-state index is 0.0354. The summed E-state index contributed by atoms with van der Waals surface area (Å²) in [4.78, 5) is 31.3. The van der Waals surface area contributed by atoms with E-state index in [4.69, 9.17) is 4.74 Å². The van der Waals surface area contributed by atoms with Gasteiger partial charge in [-0.1, -0.05) is 30.3 Å². The van der Waals surface area contributed by atoms with E-state index in [9.17, 15) is 9.59 Å². The fourth-order valence-corrected chi connectivity index (χ4v) is 5.15. The number of pyridine rings is 1. The van der Waals surface area contributed by atoms with E-state index in [2.05, 4.69) is 22.4 Å². The molecule has 1 aromatic heterocycles. The first kappa shape index (κ1) is 20.0. The highest BCUT2D eigenvalue weighted by Crippen LogP contribution is 2.59. The molecule has 1 saturated carbocycles. The van der Waals surface area contributed by atoms with Gasteiger partial charge >= 0.3 is 0 Å². The molecule has 1 N–H and O–H groups in total. The number of hydrogen-bond acceptors (Lipinski definition) is 4. The lowest BCUT2D eigenvalue weighted by molar-refractivity contribution is -0.132. The Bertz CT molecular complexity index is 928. The van der Waals surface area contributed by atoms with Crippen LogP contribution in [0.25, 0.3) is 0 Å². The molecule has 2 amide bonds. The van der Waals surface area contributed by atoms with E-state index >= 15 is 0 Å². The smallest absolute Gasteiger partial charge is 0.261 e. The highest BCUT2D eigenvalue weighted by molar-refractivity contribution is 5.82. The summed E-state index contributed by atoms with van der Waals surface area (Å²) in [6, 6.07) is 12.0. The summed E-state index contributed by atoms with van der Waals surface area (Å²) >= 11 is 0. The molecule has 2 aromatic rings. The van der Waals surface area contributed by atoms with Gasteiger partial charge in [-0.15, -0.1) is 0 Å². The lowest BCUT2D eigenvalue weighted by Gasteiger charge is -2.33. The molecule has 1 spiro atoms. The summed E-state index contributed by atoms with van der Waals surface area (Å²) in [5, 5.41) is 3.10. The third kappa shape index (κ3) is 4.29. The van der Waals surface area contributed by atoms with Crippen LogP contribution in [0.15, 0.2) is 48.8 Å². The number of aryl methyl sites for hydroxylation is 1. The molecule has 1 saturated heterocycles. The van der Waals surface area contributed by atoms with Crippen LogP contribution in [0.3, 0.4) is 0 Å². The second kappa shape index (κ2) is 8.33. The number of piperidine rings is 1. The van der Waals surface area contributed by atoms with Crippen LogP contribution in [-0.2, 0) is 22.4 Å². The fraction of sp³-hybridized carbons (Fsp3) is 0.480. The lowest BCUT2D eigenvalue weighted by Crippen LogP contribution is -2.41. The van der Waals surface area contributed by atoms with Crippen LogP contribution >= 0.6 is 0 Å². The van der Waals surface area contributed by atoms with Crippen molar-refractivity contribution in [2.75, 3.05) is 19.6 Å². The maximum absolute atomic E-state index is 12.6. The van der Waals surface area contributed by atoms with Crippen molar-refractivity contribution < 1.29 is 14.3 Å². The predicted octanol–water partition coefficient (Wildman–Crippen LogP) is 2.76. The van der Waals surface area contributed by atoms with Crippen molar-refractivity contribution in [3.05, 3.63) is 59.9 Å². The molecule has 1 aromatic carbocycles. The van der Waals surface area contributed by atoms with E-state index in [0.717, 1.165) is 50.1 Å². The lowest BCUT2D eigenvalue weighted by atomic mass is 9.90. The minimum atomic E-state index is -0.446. The summed E-state index contributed by atoms with van der Waals surface area (Å²) in [5.74, 6) is 1.51. The largest absolute Gasteiger partial charge is 0.480 e. The molecule has 3 aliphatic rings. The number of amides is 2. The first-order valence-electron chi connectivity index (χ1n) is 11.3. The highest BCUT2D eigenvalue weighted by Gasteiger charge is 2.54. The molecule has 0 bridgehead atoms. The van der Waals surface area contributed by atoms with Crippen molar-refractivity contribution in [3.63, 3.8) is 0 Å². The number of nitrogens with zero attached hydrogens (tertiary/aromatic N) is 2. The summed E-state index contributed by atoms with van der Waals surface area (Å²) < 4.78 is 5.76. The van der Waals surface area contributed by atoms with Crippen molar-refractivity contribution in [2.45, 2.75) is 44.6 Å². The average Bonchev–Trinajstić information content (AvgIpc) is 3.28. The van der Waals surface area contributed by atoms with Crippen LogP contribution in [-0.4, -0.2) is 47.4 Å². The van der Waals surface area contributed by atoms with Gasteiger partial charge in [-0.25, -0.2) is 0 Å². The molecule has 31 heavy (non-hydrogen) atoms. The van der Waals surface area contributed by atoms with E-state index in [-0.39, 0.29) is 11.8 Å². The zero-order valence-electron chi connectivity index (χ0n) is 17.8. The van der Waals surface area contributed by atoms with Gasteiger partial charge in [0.15, 0.2) is 6.10 Å². The maximum Gasteiger partial charge on any atom is 0.261 e. The number of ether oxygens (including phenoxy) is 1. The molecule has 2 unspecified atom stereocenters. The molecule has 6 heteroatoms. The zero-order valence-corrected chi connectivity index (χ0v) is 17.8. The van der Waals surface area contributed by atoms with E-state index < -0.39 is 6.10 Å². The SMILES string of the molecule is O=C(NCC1CC12CCN(C(=O)CCc1ccccc1)CC2)C1Cc2cnccc2O1. The van der Waals surface area contributed by atoms with Crippen LogP contribution < -0.4 is 10.1 Å². The number of benzene rings is 1. The molecule has 162 valence electrons. The van der Waals surface area contributed by atoms with E-state index in [0.29, 0.717) is 30.7 Å². The Morgan fingerprint density at radius 2 is 1.97 bits per heavy atom. The first-order chi connectivity index (χ1) is 15.1. The third-order valence-electron chi connectivity index (χ3n) is 7.29. The van der Waals surface area contributed by atoms with Crippen molar-refractivity contribution in [3.8, 4) is 5.75 Å². The Labute approximate surface area is 183 Å². The first-order valence-corrected chi connectivity index (χ1v) is 11.3. The van der Waals surface area contributed by atoms with Gasteiger partial charge in [-0.05, 0) is 48.6 Å². The Balaban J connectivity index is 1.04. The van der Waals surface area contributed by atoms with E-state index in [1.54, 1.807) is 12.4 Å². The second-order valence-electron chi connectivity index (χ2n) is 9.17. The van der Waals surface area contributed by atoms with Crippen LogP contribution in [0.4, 0.5) is 0 Å². The molecule has 0 radical (unpaired) electrons. The number of fused-ring (bicyclic) bond motifs is 1. The molecular formula is C25H29N3O3. The maximum atomic E-state index is 12.6. The summed E-state index contributed by atoms with van der Waals surface area (Å²) in [7, 11) is 0. The van der Waals surface area contributed by atoms with E-state index in [1.165, 1.54) is 5.56 Å². The molecule has 6 nitrogen and oxygen atoms in total. The fourth-order valence-electron chi connectivity index (χ4n) is 5.15. The molecular weight excluding hydrogens is 390 g/mol. The molecule has 2 aliphatic heterocycles. The number of aromatic nitrogens is 1. The van der Waals surface area contributed by atoms with Crippen LogP contribution in [0.1, 0.15) is 36.8 Å². The summed E-state index contributed by atoms with van der Waals surface area (Å²) in [6.07, 6.45) is 8.22. The standard InChI is InChI=1S/C25H29N3O3/c29-23(7-6-18-4-2-1-3-5-18)28-12-9-25(10-13-28)15-20(25)17-27-24(30)22-14-19-16-26-11-8-21(19)31-22/h1-5,8,11,16,20,22H,6-7,9-10,12-15,17H2,(H,27,30). The number of nitrogens with one attached hydrogen (secondary N) is 1. The van der Waals surface area contributed by atoms with Gasteiger partial charge in [0.05, 0.1) is 0 Å². The van der Waals surface area contributed by atoms with Crippen LogP contribution in [0.5, 0.6) is 5.75 Å². The third-order valence-corrected chi connectivity index (χ3v) is 7.29. The van der Waals surface area contributed by atoms with Gasteiger partial charge in [0.25, 0.3) is 5.91 Å². The second-order valence-corrected chi connectivity index (χ2v) is 9.17. The van der Waals surface area contributed by atoms with Crippen molar-refractivity contribution in [2.24, 2.45) is 11.3 Å². The average molecular weight is 420 g/mol. The van der Waals surface area contributed by atoms with E-state index in [1.807, 2.05) is 29.2 Å². The molecule has 2 fully saturated rings. The number of carbonyl (C=O) groups excluding carboxylic acids is 2. The number of rotatable bonds is 6. The molecule has 2 atom stereocenters. The predicted molar refractivity (Wildman–Crippen MR) is 116 cm³/mol. The van der Waals surface area contributed by atoms with Gasteiger partial charge < -0.3 is 15.0 Å². The van der Waals surface area contributed by atoms with Crippen molar-refractivity contribution >= 4 is 11.8 Å². The minimum Gasteiger partial charge on any atom is -0.480 e. The Morgan fingerprint density at radius 1 is 1.16 bits per heavy atom. The summed E-state index contributed by atoms with van der Waals surface area (Å²) in [6.45, 7) is 2.38. The Morgan fingerprint density at radius 3 is 2.74 bits per heavy atom. The number of carbonyl (C=O) groups is 2. The molecule has 5 rings (SSSR count). The van der Waals surface area contributed by atoms with Gasteiger partial charge in [-0.2, -0.15) is 0 Å². The molecule has 3 heterocycles. The van der Waals surface area contributed by atoms with Crippen molar-refractivity contribution in [1.82, 2.24) is 15.2 Å². The summed E-state index contributed by atoms with van der Waals surface area (Å²) in [5.41, 5.74) is 2.52. The van der Waals surface area contributed by atoms with Gasteiger partial charge in [0, 0.05) is 50.4 Å². The van der Waals surface area contributed by atoms with Gasteiger partial charge in [-0.3, -0.25) is 14.6 Å². The Hall–Kier alpha value is -2.89. The quantitative estimate of drug-likeness (QED) is 0.782. The normalized spacial score (nSPS) is 23.2. The van der Waals surface area contributed by atoms with Crippen molar-refractivity contribution in [1.29, 1.82) is 0 Å². The molecule has 1 aliphatic carbocycles. The van der Waals surface area contributed by atoms with Crippen LogP contribution in [0.2, 0.25) is 0 Å². The monoisotopic (exact) mass is 419 g/mol. The van der Waals surface area contributed by atoms with Crippen LogP contribution in [0, 0.1) is 11.3 Å². The number of hydrogen-bond donors (Lipinski definition) is 1. The Kier molecular flexibility index (Phi) is 5.38. The van der Waals surface area contributed by atoms with Gasteiger partial charge in [0.1, 0.15) is 5.75 Å². The van der Waals surface area contributed by atoms with Gasteiger partial charge in [0.2, 0.25) is 5.91 Å². The highest BCUT2D eigenvalue weighted by atomic mass is 16.5.